The lowest BCUT2D eigenvalue weighted by molar-refractivity contribution is 0.479. The van der Waals surface area contributed by atoms with E-state index in [1.165, 1.54) is 29.0 Å². The summed E-state index contributed by atoms with van der Waals surface area (Å²) in [6.07, 6.45) is 4.58. The van der Waals surface area contributed by atoms with Crippen molar-refractivity contribution in [2.24, 2.45) is 5.92 Å². The number of rotatable bonds is 5. The van der Waals surface area contributed by atoms with Crippen LogP contribution in [0.4, 0.5) is 0 Å². The Labute approximate surface area is 112 Å². The number of nitrogens with zero attached hydrogens (tertiary/aromatic N) is 1. The van der Waals surface area contributed by atoms with Gasteiger partial charge in [-0.15, -0.1) is 11.3 Å². The zero-order valence-electron chi connectivity index (χ0n) is 10.6. The van der Waals surface area contributed by atoms with E-state index in [0.29, 0.717) is 6.04 Å². The Bertz CT molecular complexity index is 486. The van der Waals surface area contributed by atoms with Gasteiger partial charge < -0.3 is 5.32 Å². The Morgan fingerprint density at radius 2 is 2.11 bits per heavy atom. The first kappa shape index (κ1) is 11.9. The molecule has 0 aliphatic heterocycles. The van der Waals surface area contributed by atoms with Crippen LogP contribution in [0.25, 0.3) is 0 Å². The van der Waals surface area contributed by atoms with E-state index in [9.17, 15) is 0 Å². The first-order valence-electron chi connectivity index (χ1n) is 6.51. The average Bonchev–Trinajstić information content (AvgIpc) is 3.08. The quantitative estimate of drug-likeness (QED) is 0.884. The SMILES string of the molecule is Cc1ccc(C(NCc2nccs2)C2CC2)cc1. The lowest BCUT2D eigenvalue weighted by Crippen LogP contribution is -2.22. The molecule has 1 fully saturated rings. The number of thiazole rings is 1. The second-order valence-corrected chi connectivity index (χ2v) is 6.01. The molecule has 0 spiro atoms. The van der Waals surface area contributed by atoms with Gasteiger partial charge in [-0.25, -0.2) is 4.98 Å². The summed E-state index contributed by atoms with van der Waals surface area (Å²) in [5, 5.41) is 6.88. The summed E-state index contributed by atoms with van der Waals surface area (Å²) in [4.78, 5) is 4.33. The number of nitrogens with one attached hydrogen (secondary N) is 1. The molecule has 0 radical (unpaired) electrons. The molecule has 1 aliphatic carbocycles. The first-order chi connectivity index (χ1) is 8.83. The van der Waals surface area contributed by atoms with Crippen molar-refractivity contribution in [1.29, 1.82) is 0 Å². The molecule has 0 bridgehead atoms. The van der Waals surface area contributed by atoms with Crippen molar-refractivity contribution < 1.29 is 0 Å². The number of aryl methyl sites for hydroxylation is 1. The van der Waals surface area contributed by atoms with Crippen molar-refractivity contribution in [3.63, 3.8) is 0 Å². The van der Waals surface area contributed by atoms with Gasteiger partial charge in [0.25, 0.3) is 0 Å². The van der Waals surface area contributed by atoms with E-state index < -0.39 is 0 Å². The van der Waals surface area contributed by atoms with Gasteiger partial charge in [-0.05, 0) is 31.2 Å². The van der Waals surface area contributed by atoms with E-state index >= 15 is 0 Å². The molecular weight excluding hydrogens is 240 g/mol. The van der Waals surface area contributed by atoms with Gasteiger partial charge in [0.15, 0.2) is 0 Å². The van der Waals surface area contributed by atoms with Crippen LogP contribution in [0.3, 0.4) is 0 Å². The highest BCUT2D eigenvalue weighted by molar-refractivity contribution is 7.09. The molecule has 1 N–H and O–H groups in total. The average molecular weight is 258 g/mol. The standard InChI is InChI=1S/C15H18N2S/c1-11-2-4-12(5-3-11)15(13-6-7-13)17-10-14-16-8-9-18-14/h2-5,8-9,13,15,17H,6-7,10H2,1H3. The Morgan fingerprint density at radius 3 is 2.72 bits per heavy atom. The smallest absolute Gasteiger partial charge is 0.106 e. The van der Waals surface area contributed by atoms with Crippen LogP contribution in [0.2, 0.25) is 0 Å². The third-order valence-corrected chi connectivity index (χ3v) is 4.27. The van der Waals surface area contributed by atoms with Crippen LogP contribution in [0.5, 0.6) is 0 Å². The summed E-state index contributed by atoms with van der Waals surface area (Å²) in [6.45, 7) is 3.02. The fourth-order valence-electron chi connectivity index (χ4n) is 2.30. The molecule has 94 valence electrons. The van der Waals surface area contributed by atoms with E-state index in [4.69, 9.17) is 0 Å². The highest BCUT2D eigenvalue weighted by Crippen LogP contribution is 2.41. The fourth-order valence-corrected chi connectivity index (χ4v) is 2.86. The van der Waals surface area contributed by atoms with Crippen LogP contribution in [-0.2, 0) is 6.54 Å². The monoisotopic (exact) mass is 258 g/mol. The van der Waals surface area contributed by atoms with Gasteiger partial charge in [0.1, 0.15) is 5.01 Å². The summed E-state index contributed by atoms with van der Waals surface area (Å²) < 4.78 is 0. The molecule has 18 heavy (non-hydrogen) atoms. The number of aromatic nitrogens is 1. The third-order valence-electron chi connectivity index (χ3n) is 3.49. The van der Waals surface area contributed by atoms with E-state index in [0.717, 1.165) is 12.5 Å². The van der Waals surface area contributed by atoms with E-state index in [1.54, 1.807) is 11.3 Å². The van der Waals surface area contributed by atoms with Crippen LogP contribution in [0.15, 0.2) is 35.8 Å². The van der Waals surface area contributed by atoms with Gasteiger partial charge in [-0.2, -0.15) is 0 Å². The van der Waals surface area contributed by atoms with Crippen LogP contribution >= 0.6 is 11.3 Å². The van der Waals surface area contributed by atoms with Crippen molar-refractivity contribution in [1.82, 2.24) is 10.3 Å². The molecular formula is C15H18N2S. The molecule has 1 aliphatic rings. The molecule has 1 aromatic carbocycles. The minimum Gasteiger partial charge on any atom is -0.303 e. The fraction of sp³-hybridized carbons (Fsp3) is 0.400. The maximum atomic E-state index is 4.33. The van der Waals surface area contributed by atoms with Gasteiger partial charge in [-0.1, -0.05) is 29.8 Å². The first-order valence-corrected chi connectivity index (χ1v) is 7.39. The highest BCUT2D eigenvalue weighted by Gasteiger charge is 2.31. The number of benzene rings is 1. The van der Waals surface area contributed by atoms with Gasteiger partial charge in [-0.3, -0.25) is 0 Å². The lowest BCUT2D eigenvalue weighted by Gasteiger charge is -2.18. The predicted octanol–water partition coefficient (Wildman–Crippen LogP) is 3.69. The molecule has 0 saturated heterocycles. The van der Waals surface area contributed by atoms with Crippen molar-refractivity contribution in [2.45, 2.75) is 32.4 Å². The molecule has 1 atom stereocenters. The second-order valence-electron chi connectivity index (χ2n) is 5.03. The minimum absolute atomic E-state index is 0.495. The molecule has 2 nitrogen and oxygen atoms in total. The summed E-state index contributed by atoms with van der Waals surface area (Å²) in [6, 6.07) is 9.42. The van der Waals surface area contributed by atoms with Gasteiger partial charge in [0, 0.05) is 24.2 Å². The van der Waals surface area contributed by atoms with Crippen LogP contribution in [0, 0.1) is 12.8 Å². The van der Waals surface area contributed by atoms with E-state index in [2.05, 4.69) is 41.5 Å². The second kappa shape index (κ2) is 5.21. The van der Waals surface area contributed by atoms with Crippen LogP contribution in [-0.4, -0.2) is 4.98 Å². The Kier molecular flexibility index (Phi) is 3.43. The Morgan fingerprint density at radius 1 is 1.33 bits per heavy atom. The summed E-state index contributed by atoms with van der Waals surface area (Å²) in [7, 11) is 0. The Balaban J connectivity index is 1.70. The van der Waals surface area contributed by atoms with Crippen molar-refractivity contribution in [2.75, 3.05) is 0 Å². The van der Waals surface area contributed by atoms with Gasteiger partial charge in [0.2, 0.25) is 0 Å². The zero-order chi connectivity index (χ0) is 12.4. The number of hydrogen-bond donors (Lipinski definition) is 1. The van der Waals surface area contributed by atoms with E-state index in [-0.39, 0.29) is 0 Å². The predicted molar refractivity (Wildman–Crippen MR) is 75.6 cm³/mol. The molecule has 1 unspecified atom stereocenters. The largest absolute Gasteiger partial charge is 0.303 e. The van der Waals surface area contributed by atoms with Crippen LogP contribution in [0.1, 0.15) is 35.0 Å². The van der Waals surface area contributed by atoms with Gasteiger partial charge >= 0.3 is 0 Å². The summed E-state index contributed by atoms with van der Waals surface area (Å²) >= 11 is 1.72. The van der Waals surface area contributed by atoms with Crippen LogP contribution < -0.4 is 5.32 Å². The molecule has 1 saturated carbocycles. The third kappa shape index (κ3) is 2.79. The summed E-state index contributed by atoms with van der Waals surface area (Å²) in [5.41, 5.74) is 2.74. The maximum absolute atomic E-state index is 4.33. The molecule has 2 aromatic rings. The molecule has 3 heteroatoms. The topological polar surface area (TPSA) is 24.9 Å². The summed E-state index contributed by atoms with van der Waals surface area (Å²) in [5.74, 6) is 0.813. The zero-order valence-corrected chi connectivity index (χ0v) is 11.4. The lowest BCUT2D eigenvalue weighted by atomic mass is 10.0. The molecule has 0 amide bonds. The molecule has 3 rings (SSSR count). The van der Waals surface area contributed by atoms with Crippen molar-refractivity contribution in [3.05, 3.63) is 52.0 Å². The van der Waals surface area contributed by atoms with Gasteiger partial charge in [0.05, 0.1) is 0 Å². The maximum Gasteiger partial charge on any atom is 0.106 e. The van der Waals surface area contributed by atoms with E-state index in [1.807, 2.05) is 11.6 Å². The normalized spacial score (nSPS) is 16.7. The highest BCUT2D eigenvalue weighted by atomic mass is 32.1. The minimum atomic E-state index is 0.495. The van der Waals surface area contributed by atoms with Crippen molar-refractivity contribution in [3.8, 4) is 0 Å². The molecule has 1 heterocycles. The Hall–Kier alpha value is -1.19. The van der Waals surface area contributed by atoms with Crippen molar-refractivity contribution >= 4 is 11.3 Å². The number of hydrogen-bond acceptors (Lipinski definition) is 3. The molecule has 1 aromatic heterocycles.